The first-order chi connectivity index (χ1) is 13.1. The van der Waals surface area contributed by atoms with Crippen molar-refractivity contribution in [2.45, 2.75) is 24.8 Å². The summed E-state index contributed by atoms with van der Waals surface area (Å²) in [4.78, 5) is 14.4. The van der Waals surface area contributed by atoms with Gasteiger partial charge in [-0.2, -0.15) is 0 Å². The molecule has 1 saturated heterocycles. The minimum atomic E-state index is -0.281. The number of carbonyl (C=O) groups is 1. The van der Waals surface area contributed by atoms with Gasteiger partial charge >= 0.3 is 0 Å². The van der Waals surface area contributed by atoms with E-state index in [0.29, 0.717) is 26.2 Å². The number of amides is 1. The maximum absolute atomic E-state index is 13.0. The summed E-state index contributed by atoms with van der Waals surface area (Å²) in [5, 5.41) is 0. The van der Waals surface area contributed by atoms with Crippen molar-refractivity contribution in [3.05, 3.63) is 71.0 Å². The molecule has 0 aliphatic carbocycles. The normalized spacial score (nSPS) is 17.9. The predicted molar refractivity (Wildman–Crippen MR) is 103 cm³/mol. The van der Waals surface area contributed by atoms with E-state index < -0.39 is 0 Å². The monoisotopic (exact) mass is 366 g/mol. The molecule has 140 valence electrons. The summed E-state index contributed by atoms with van der Waals surface area (Å²) in [6.45, 7) is 2.58. The van der Waals surface area contributed by atoms with E-state index in [9.17, 15) is 9.18 Å². The van der Waals surface area contributed by atoms with Crippen molar-refractivity contribution in [2.24, 2.45) is 5.73 Å². The molecule has 27 heavy (non-hydrogen) atoms. The van der Waals surface area contributed by atoms with Crippen molar-refractivity contribution in [1.29, 1.82) is 0 Å². The standard InChI is InChI=1S/C22H23FN2O2/c23-18-5-1-16(2-6-18)4-8-21(26)25-11-9-22(10-12-25)15-27-20-7-3-17(14-24)13-19(20)22/h1-8,13H,9-12,14-15,24H2. The molecule has 0 saturated carbocycles. The van der Waals surface area contributed by atoms with E-state index in [0.717, 1.165) is 29.7 Å². The summed E-state index contributed by atoms with van der Waals surface area (Å²) in [7, 11) is 0. The van der Waals surface area contributed by atoms with E-state index in [1.54, 1.807) is 24.3 Å². The second kappa shape index (κ2) is 7.16. The first-order valence-electron chi connectivity index (χ1n) is 9.28. The molecule has 4 rings (SSSR count). The van der Waals surface area contributed by atoms with Gasteiger partial charge in [-0.25, -0.2) is 4.39 Å². The highest BCUT2D eigenvalue weighted by atomic mass is 19.1. The lowest BCUT2D eigenvalue weighted by atomic mass is 9.74. The summed E-state index contributed by atoms with van der Waals surface area (Å²) in [5.74, 6) is 0.656. The fourth-order valence-corrected chi connectivity index (χ4v) is 3.95. The van der Waals surface area contributed by atoms with Gasteiger partial charge in [-0.05, 0) is 48.2 Å². The fourth-order valence-electron chi connectivity index (χ4n) is 3.95. The third-order valence-corrected chi connectivity index (χ3v) is 5.68. The maximum Gasteiger partial charge on any atom is 0.246 e. The van der Waals surface area contributed by atoms with Gasteiger partial charge in [-0.1, -0.05) is 24.3 Å². The molecule has 0 bridgehead atoms. The Labute approximate surface area is 158 Å². The van der Waals surface area contributed by atoms with E-state index in [1.165, 1.54) is 17.7 Å². The van der Waals surface area contributed by atoms with Crippen molar-refractivity contribution in [3.8, 4) is 5.75 Å². The second-order valence-corrected chi connectivity index (χ2v) is 7.31. The molecule has 2 aliphatic rings. The van der Waals surface area contributed by atoms with Crippen LogP contribution in [0.3, 0.4) is 0 Å². The van der Waals surface area contributed by atoms with Gasteiger partial charge in [-0.3, -0.25) is 4.79 Å². The number of halogens is 1. The molecule has 0 aromatic heterocycles. The van der Waals surface area contributed by atoms with Crippen LogP contribution in [0.2, 0.25) is 0 Å². The third kappa shape index (κ3) is 3.47. The first-order valence-corrected chi connectivity index (χ1v) is 9.28. The molecule has 0 radical (unpaired) electrons. The minimum absolute atomic E-state index is 0.0102. The Bertz CT molecular complexity index is 868. The molecule has 4 nitrogen and oxygen atoms in total. The number of nitrogens with two attached hydrogens (primary N) is 1. The van der Waals surface area contributed by atoms with Crippen LogP contribution < -0.4 is 10.5 Å². The molecule has 0 unspecified atom stereocenters. The number of rotatable bonds is 3. The van der Waals surface area contributed by atoms with Crippen LogP contribution in [-0.2, 0) is 16.8 Å². The van der Waals surface area contributed by atoms with Gasteiger partial charge in [0.05, 0.1) is 6.61 Å². The van der Waals surface area contributed by atoms with Crippen LogP contribution >= 0.6 is 0 Å². The predicted octanol–water partition coefficient (Wildman–Crippen LogP) is 3.25. The Kier molecular flexibility index (Phi) is 4.70. The van der Waals surface area contributed by atoms with Crippen molar-refractivity contribution in [1.82, 2.24) is 4.90 Å². The van der Waals surface area contributed by atoms with Crippen LogP contribution in [0.15, 0.2) is 48.5 Å². The second-order valence-electron chi connectivity index (χ2n) is 7.31. The number of nitrogens with zero attached hydrogens (tertiary/aromatic N) is 1. The molecule has 2 aromatic carbocycles. The Hall–Kier alpha value is -2.66. The van der Waals surface area contributed by atoms with Gasteiger partial charge < -0.3 is 15.4 Å². The van der Waals surface area contributed by atoms with Gasteiger partial charge in [0.1, 0.15) is 11.6 Å². The number of likely N-dealkylation sites (tertiary alicyclic amines) is 1. The number of benzene rings is 2. The molecule has 2 heterocycles. The fraction of sp³-hybridized carbons (Fsp3) is 0.318. The smallest absolute Gasteiger partial charge is 0.246 e. The van der Waals surface area contributed by atoms with Crippen molar-refractivity contribution < 1.29 is 13.9 Å². The van der Waals surface area contributed by atoms with Crippen molar-refractivity contribution in [3.63, 3.8) is 0 Å². The molecule has 1 fully saturated rings. The summed E-state index contributed by atoms with van der Waals surface area (Å²) in [5.41, 5.74) is 8.93. The lowest BCUT2D eigenvalue weighted by Gasteiger charge is -2.38. The van der Waals surface area contributed by atoms with Gasteiger partial charge in [0.25, 0.3) is 0 Å². The molecule has 2 N–H and O–H groups in total. The zero-order valence-electron chi connectivity index (χ0n) is 15.2. The van der Waals surface area contributed by atoms with Crippen LogP contribution in [0.25, 0.3) is 6.08 Å². The lowest BCUT2D eigenvalue weighted by Crippen LogP contribution is -2.45. The number of hydrogen-bond acceptors (Lipinski definition) is 3. The molecule has 2 aromatic rings. The number of hydrogen-bond donors (Lipinski definition) is 1. The number of piperidine rings is 1. The van der Waals surface area contributed by atoms with E-state index in [-0.39, 0.29) is 17.1 Å². The Morgan fingerprint density at radius 3 is 2.63 bits per heavy atom. The van der Waals surface area contributed by atoms with E-state index >= 15 is 0 Å². The number of ether oxygens (including phenoxy) is 1. The Morgan fingerprint density at radius 1 is 1.19 bits per heavy atom. The van der Waals surface area contributed by atoms with Crippen LogP contribution in [-0.4, -0.2) is 30.5 Å². The highest BCUT2D eigenvalue weighted by Gasteiger charge is 2.43. The molecular weight excluding hydrogens is 343 g/mol. The zero-order chi connectivity index (χ0) is 18.9. The van der Waals surface area contributed by atoms with Gasteiger partial charge in [0.2, 0.25) is 5.91 Å². The Balaban J connectivity index is 1.42. The van der Waals surface area contributed by atoms with Crippen LogP contribution in [0.4, 0.5) is 4.39 Å². The summed E-state index contributed by atoms with van der Waals surface area (Å²) in [6, 6.07) is 12.3. The van der Waals surface area contributed by atoms with E-state index in [1.807, 2.05) is 17.0 Å². The molecular formula is C22H23FN2O2. The van der Waals surface area contributed by atoms with E-state index in [4.69, 9.17) is 10.5 Å². The molecule has 1 amide bonds. The van der Waals surface area contributed by atoms with Crippen molar-refractivity contribution in [2.75, 3.05) is 19.7 Å². The van der Waals surface area contributed by atoms with Crippen LogP contribution in [0.1, 0.15) is 29.5 Å². The summed E-state index contributed by atoms with van der Waals surface area (Å²) < 4.78 is 18.9. The zero-order valence-corrected chi connectivity index (χ0v) is 15.2. The van der Waals surface area contributed by atoms with Gasteiger partial charge in [0.15, 0.2) is 0 Å². The highest BCUT2D eigenvalue weighted by Crippen LogP contribution is 2.45. The summed E-state index contributed by atoms with van der Waals surface area (Å²) in [6.07, 6.45) is 5.05. The molecule has 2 aliphatic heterocycles. The van der Waals surface area contributed by atoms with Crippen LogP contribution in [0.5, 0.6) is 5.75 Å². The van der Waals surface area contributed by atoms with Gasteiger partial charge in [0, 0.05) is 36.7 Å². The number of fused-ring (bicyclic) bond motifs is 2. The van der Waals surface area contributed by atoms with Crippen molar-refractivity contribution >= 4 is 12.0 Å². The first kappa shape index (κ1) is 17.7. The van der Waals surface area contributed by atoms with E-state index in [2.05, 4.69) is 6.07 Å². The Morgan fingerprint density at radius 2 is 1.93 bits per heavy atom. The SMILES string of the molecule is NCc1ccc2c(c1)C1(CCN(C(=O)C=Cc3ccc(F)cc3)CC1)CO2. The third-order valence-electron chi connectivity index (χ3n) is 5.68. The maximum atomic E-state index is 13.0. The number of carbonyl (C=O) groups excluding carboxylic acids is 1. The molecule has 0 atom stereocenters. The largest absolute Gasteiger partial charge is 0.492 e. The highest BCUT2D eigenvalue weighted by molar-refractivity contribution is 5.91. The topological polar surface area (TPSA) is 55.6 Å². The quantitative estimate of drug-likeness (QED) is 0.849. The average Bonchev–Trinajstić information content (AvgIpc) is 3.05. The lowest BCUT2D eigenvalue weighted by molar-refractivity contribution is -0.127. The minimum Gasteiger partial charge on any atom is -0.492 e. The molecule has 1 spiro atoms. The van der Waals surface area contributed by atoms with Gasteiger partial charge in [-0.15, -0.1) is 0 Å². The summed E-state index contributed by atoms with van der Waals surface area (Å²) >= 11 is 0. The van der Waals surface area contributed by atoms with Crippen LogP contribution in [0, 0.1) is 5.82 Å². The average molecular weight is 366 g/mol. The molecule has 5 heteroatoms.